The summed E-state index contributed by atoms with van der Waals surface area (Å²) < 4.78 is 24.8. The molecule has 0 aliphatic heterocycles. The lowest BCUT2D eigenvalue weighted by Crippen LogP contribution is -2.07. The first-order chi connectivity index (χ1) is 9.15. The minimum Gasteiger partial charge on any atom is -0.224 e. The minimum atomic E-state index is -3.17. The first-order valence-electron chi connectivity index (χ1n) is 6.85. The maximum absolute atomic E-state index is 12.4. The van der Waals surface area contributed by atoms with Crippen LogP contribution in [0, 0.1) is 0 Å². The van der Waals surface area contributed by atoms with Crippen molar-refractivity contribution in [3.63, 3.8) is 0 Å². The fourth-order valence-corrected chi connectivity index (χ4v) is 3.91. The van der Waals surface area contributed by atoms with Crippen molar-refractivity contribution in [1.29, 1.82) is 0 Å². The Morgan fingerprint density at radius 1 is 0.895 bits per heavy atom. The van der Waals surface area contributed by atoms with Gasteiger partial charge in [0, 0.05) is 5.39 Å². The van der Waals surface area contributed by atoms with E-state index >= 15 is 0 Å². The largest absolute Gasteiger partial charge is 0.224 e. The number of benzene rings is 2. The quantitative estimate of drug-likeness (QED) is 0.741. The molecule has 0 aromatic heterocycles. The van der Waals surface area contributed by atoms with E-state index in [0.29, 0.717) is 4.90 Å². The van der Waals surface area contributed by atoms with Crippen LogP contribution in [0.1, 0.15) is 32.6 Å². The van der Waals surface area contributed by atoms with Crippen molar-refractivity contribution in [3.8, 4) is 0 Å². The van der Waals surface area contributed by atoms with Gasteiger partial charge in [0.05, 0.1) is 10.6 Å². The van der Waals surface area contributed by atoms with Gasteiger partial charge in [-0.2, -0.15) is 0 Å². The molecule has 0 fully saturated rings. The molecular formula is C16H20O2S. The van der Waals surface area contributed by atoms with Gasteiger partial charge in [-0.25, -0.2) is 8.42 Å². The predicted molar refractivity (Wildman–Crippen MR) is 80.1 cm³/mol. The van der Waals surface area contributed by atoms with E-state index in [1.807, 2.05) is 36.4 Å². The Morgan fingerprint density at radius 2 is 1.63 bits per heavy atom. The van der Waals surface area contributed by atoms with E-state index in [2.05, 4.69) is 6.92 Å². The number of hydrogen-bond acceptors (Lipinski definition) is 2. The molecule has 102 valence electrons. The number of rotatable bonds is 6. The van der Waals surface area contributed by atoms with Crippen LogP contribution in [0.25, 0.3) is 10.8 Å². The fraction of sp³-hybridized carbons (Fsp3) is 0.375. The number of hydrogen-bond donors (Lipinski definition) is 0. The molecule has 2 nitrogen and oxygen atoms in total. The molecule has 0 amide bonds. The Kier molecular flexibility index (Phi) is 4.59. The topological polar surface area (TPSA) is 34.1 Å². The summed E-state index contributed by atoms with van der Waals surface area (Å²) in [7, 11) is -3.17. The summed E-state index contributed by atoms with van der Waals surface area (Å²) in [5.74, 6) is 0.251. The van der Waals surface area contributed by atoms with Crippen LogP contribution in [0.15, 0.2) is 47.4 Å². The van der Waals surface area contributed by atoms with Crippen molar-refractivity contribution in [2.24, 2.45) is 0 Å². The number of fused-ring (bicyclic) bond motifs is 1. The fourth-order valence-electron chi connectivity index (χ4n) is 2.30. The van der Waals surface area contributed by atoms with Gasteiger partial charge in [-0.05, 0) is 17.9 Å². The van der Waals surface area contributed by atoms with E-state index in [4.69, 9.17) is 0 Å². The molecule has 0 spiro atoms. The highest BCUT2D eigenvalue weighted by Gasteiger charge is 2.16. The Bertz CT molecular complexity index is 639. The average Bonchev–Trinajstić information content (AvgIpc) is 2.43. The average molecular weight is 276 g/mol. The second-order valence-corrected chi connectivity index (χ2v) is 6.93. The molecule has 0 aliphatic rings. The molecule has 2 aromatic rings. The first kappa shape index (κ1) is 14.1. The summed E-state index contributed by atoms with van der Waals surface area (Å²) in [5, 5.41) is 1.82. The summed E-state index contributed by atoms with van der Waals surface area (Å²) in [6.45, 7) is 2.12. The van der Waals surface area contributed by atoms with Gasteiger partial charge in [-0.15, -0.1) is 0 Å². The lowest BCUT2D eigenvalue weighted by molar-refractivity contribution is 0.590. The molecule has 2 rings (SSSR count). The lowest BCUT2D eigenvalue weighted by atomic mass is 10.1. The normalized spacial score (nSPS) is 11.8. The second-order valence-electron chi connectivity index (χ2n) is 4.86. The standard InChI is InChI=1S/C16H20O2S/c1-2-3-4-7-13-19(17,18)16-12-8-10-14-9-5-6-11-15(14)16/h5-6,8-12H,2-4,7,13H2,1H3. The van der Waals surface area contributed by atoms with E-state index in [1.54, 1.807) is 6.07 Å². The molecule has 0 heterocycles. The van der Waals surface area contributed by atoms with Crippen LogP contribution in [0.3, 0.4) is 0 Å². The van der Waals surface area contributed by atoms with Gasteiger partial charge in [-0.3, -0.25) is 0 Å². The summed E-state index contributed by atoms with van der Waals surface area (Å²) in [6.07, 6.45) is 3.96. The van der Waals surface area contributed by atoms with Crippen molar-refractivity contribution in [2.75, 3.05) is 5.75 Å². The Morgan fingerprint density at radius 3 is 2.42 bits per heavy atom. The molecule has 0 atom stereocenters. The summed E-state index contributed by atoms with van der Waals surface area (Å²) >= 11 is 0. The monoisotopic (exact) mass is 276 g/mol. The maximum Gasteiger partial charge on any atom is 0.178 e. The molecule has 0 aliphatic carbocycles. The smallest absolute Gasteiger partial charge is 0.178 e. The maximum atomic E-state index is 12.4. The van der Waals surface area contributed by atoms with E-state index in [0.717, 1.165) is 36.5 Å². The zero-order valence-electron chi connectivity index (χ0n) is 11.3. The molecular weight excluding hydrogens is 256 g/mol. The van der Waals surface area contributed by atoms with Crippen LogP contribution in [0.4, 0.5) is 0 Å². The predicted octanol–water partition coefficient (Wildman–Crippen LogP) is 4.19. The van der Waals surface area contributed by atoms with Crippen molar-refractivity contribution in [1.82, 2.24) is 0 Å². The van der Waals surface area contributed by atoms with Gasteiger partial charge < -0.3 is 0 Å². The van der Waals surface area contributed by atoms with Gasteiger partial charge in [-0.1, -0.05) is 62.6 Å². The molecule has 0 saturated carbocycles. The van der Waals surface area contributed by atoms with Gasteiger partial charge in [0.25, 0.3) is 0 Å². The molecule has 0 bridgehead atoms. The summed E-state index contributed by atoms with van der Waals surface area (Å²) in [4.78, 5) is 0.474. The first-order valence-corrected chi connectivity index (χ1v) is 8.51. The molecule has 0 radical (unpaired) electrons. The van der Waals surface area contributed by atoms with Gasteiger partial charge >= 0.3 is 0 Å². The zero-order chi connectivity index (χ0) is 13.7. The van der Waals surface area contributed by atoms with Gasteiger partial charge in [0.15, 0.2) is 9.84 Å². The van der Waals surface area contributed by atoms with Crippen molar-refractivity contribution in [2.45, 2.75) is 37.5 Å². The molecule has 0 unspecified atom stereocenters. The number of unbranched alkanes of at least 4 members (excludes halogenated alkanes) is 3. The van der Waals surface area contributed by atoms with E-state index in [1.165, 1.54) is 0 Å². The Labute approximate surface area is 115 Å². The Balaban J connectivity index is 2.28. The van der Waals surface area contributed by atoms with Crippen molar-refractivity contribution >= 4 is 20.6 Å². The van der Waals surface area contributed by atoms with Crippen molar-refractivity contribution < 1.29 is 8.42 Å². The highest BCUT2D eigenvalue weighted by molar-refractivity contribution is 7.91. The van der Waals surface area contributed by atoms with Crippen LogP contribution in [-0.4, -0.2) is 14.2 Å². The molecule has 3 heteroatoms. The van der Waals surface area contributed by atoms with Crippen LogP contribution in [0.2, 0.25) is 0 Å². The Hall–Kier alpha value is -1.35. The van der Waals surface area contributed by atoms with Crippen LogP contribution < -0.4 is 0 Å². The minimum absolute atomic E-state index is 0.251. The van der Waals surface area contributed by atoms with Gasteiger partial charge in [0.2, 0.25) is 0 Å². The van der Waals surface area contributed by atoms with E-state index in [9.17, 15) is 8.42 Å². The third kappa shape index (κ3) is 3.35. The van der Waals surface area contributed by atoms with Crippen molar-refractivity contribution in [3.05, 3.63) is 42.5 Å². The molecule has 19 heavy (non-hydrogen) atoms. The highest BCUT2D eigenvalue weighted by Crippen LogP contribution is 2.24. The summed E-state index contributed by atoms with van der Waals surface area (Å²) in [5.41, 5.74) is 0. The highest BCUT2D eigenvalue weighted by atomic mass is 32.2. The zero-order valence-corrected chi connectivity index (χ0v) is 12.1. The lowest BCUT2D eigenvalue weighted by Gasteiger charge is -2.08. The molecule has 0 N–H and O–H groups in total. The number of sulfone groups is 1. The summed E-state index contributed by atoms with van der Waals surface area (Å²) in [6, 6.07) is 13.1. The van der Waals surface area contributed by atoms with Crippen LogP contribution in [0.5, 0.6) is 0 Å². The second kappa shape index (κ2) is 6.20. The van der Waals surface area contributed by atoms with Gasteiger partial charge in [0.1, 0.15) is 0 Å². The van der Waals surface area contributed by atoms with Crippen LogP contribution in [-0.2, 0) is 9.84 Å². The van der Waals surface area contributed by atoms with E-state index in [-0.39, 0.29) is 5.75 Å². The molecule has 2 aromatic carbocycles. The van der Waals surface area contributed by atoms with E-state index < -0.39 is 9.84 Å². The third-order valence-electron chi connectivity index (χ3n) is 3.35. The van der Waals surface area contributed by atoms with Crippen LogP contribution >= 0.6 is 0 Å². The molecule has 0 saturated heterocycles. The third-order valence-corrected chi connectivity index (χ3v) is 5.20. The SMILES string of the molecule is CCCCCCS(=O)(=O)c1cccc2ccccc12.